The summed E-state index contributed by atoms with van der Waals surface area (Å²) < 4.78 is 0. The van der Waals surface area contributed by atoms with Crippen LogP contribution < -0.4 is 21.3 Å². The van der Waals surface area contributed by atoms with E-state index >= 15 is 0 Å². The fraction of sp³-hybridized carbons (Fsp3) is 0.765. The molecule has 0 saturated carbocycles. The summed E-state index contributed by atoms with van der Waals surface area (Å²) in [4.78, 5) is 21.9. The SMILES string of the molecule is CCNC1=NC(C)N=C(NCCCCNC2=NC(C)N=C(NC)N2C)N1C. The molecule has 4 N–H and O–H groups in total. The van der Waals surface area contributed by atoms with Crippen molar-refractivity contribution in [3.63, 3.8) is 0 Å². The fourth-order valence-electron chi connectivity index (χ4n) is 2.85. The largest absolute Gasteiger partial charge is 0.359 e. The first-order chi connectivity index (χ1) is 13.0. The van der Waals surface area contributed by atoms with Gasteiger partial charge in [-0.05, 0) is 33.6 Å². The van der Waals surface area contributed by atoms with Gasteiger partial charge in [-0.15, -0.1) is 0 Å². The Labute approximate surface area is 162 Å². The molecule has 0 aromatic rings. The van der Waals surface area contributed by atoms with Gasteiger partial charge < -0.3 is 21.3 Å². The van der Waals surface area contributed by atoms with Crippen LogP contribution >= 0.6 is 0 Å². The molecular formula is C17H34N10. The first kappa shape index (κ1) is 20.8. The molecule has 0 bridgehead atoms. The van der Waals surface area contributed by atoms with Crippen LogP contribution in [0.1, 0.15) is 33.6 Å². The lowest BCUT2D eigenvalue weighted by Crippen LogP contribution is -2.51. The number of unbranched alkanes of at least 4 members (excludes halogenated alkanes) is 1. The number of hydrogen-bond donors (Lipinski definition) is 4. The molecular weight excluding hydrogens is 344 g/mol. The quantitative estimate of drug-likeness (QED) is 0.477. The number of nitrogens with zero attached hydrogens (tertiary/aromatic N) is 6. The monoisotopic (exact) mass is 378 g/mol. The Balaban J connectivity index is 1.69. The van der Waals surface area contributed by atoms with Gasteiger partial charge in [0.15, 0.2) is 0 Å². The zero-order valence-corrected chi connectivity index (χ0v) is 17.4. The standard InChI is InChI=1S/C17H34N10/c1-7-19-15-23-13(3)25-17(27(15)6)21-11-9-8-10-20-16-24-12(2)22-14(18-4)26(16)5/h12-13H,7-11H2,1-6H3,(H,18,22)(H,19,23)(H,20,24)(H,21,25). The molecule has 10 heteroatoms. The normalized spacial score (nSPS) is 22.4. The number of guanidine groups is 4. The summed E-state index contributed by atoms with van der Waals surface area (Å²) >= 11 is 0. The molecule has 2 unspecified atom stereocenters. The molecule has 0 saturated heterocycles. The van der Waals surface area contributed by atoms with E-state index in [0.29, 0.717) is 0 Å². The minimum Gasteiger partial charge on any atom is -0.359 e. The van der Waals surface area contributed by atoms with E-state index in [2.05, 4.69) is 48.2 Å². The van der Waals surface area contributed by atoms with Crippen LogP contribution in [0.15, 0.2) is 20.0 Å². The lowest BCUT2D eigenvalue weighted by molar-refractivity contribution is 0.570. The van der Waals surface area contributed by atoms with Crippen LogP contribution in [0.5, 0.6) is 0 Å². The Bertz CT molecular complexity index is 609. The van der Waals surface area contributed by atoms with Crippen molar-refractivity contribution in [2.45, 2.75) is 45.9 Å². The predicted molar refractivity (Wildman–Crippen MR) is 112 cm³/mol. The van der Waals surface area contributed by atoms with E-state index in [1.807, 2.05) is 44.8 Å². The summed E-state index contributed by atoms with van der Waals surface area (Å²) in [7, 11) is 5.80. The zero-order chi connectivity index (χ0) is 19.8. The molecule has 0 amide bonds. The third kappa shape index (κ3) is 5.73. The summed E-state index contributed by atoms with van der Waals surface area (Å²) in [6.07, 6.45) is 1.93. The molecule has 0 radical (unpaired) electrons. The van der Waals surface area contributed by atoms with Gasteiger partial charge in [-0.3, -0.25) is 9.80 Å². The van der Waals surface area contributed by atoms with Crippen LogP contribution in [0.25, 0.3) is 0 Å². The van der Waals surface area contributed by atoms with Gasteiger partial charge >= 0.3 is 0 Å². The van der Waals surface area contributed by atoms with Crippen molar-refractivity contribution in [1.29, 1.82) is 0 Å². The Morgan fingerprint density at radius 3 is 1.59 bits per heavy atom. The van der Waals surface area contributed by atoms with Gasteiger partial charge in [0.1, 0.15) is 12.3 Å². The third-order valence-electron chi connectivity index (χ3n) is 4.24. The van der Waals surface area contributed by atoms with Gasteiger partial charge in [0.2, 0.25) is 23.8 Å². The fourth-order valence-corrected chi connectivity index (χ4v) is 2.85. The van der Waals surface area contributed by atoms with Crippen LogP contribution in [0, 0.1) is 0 Å². The molecule has 2 rings (SSSR count). The maximum absolute atomic E-state index is 4.57. The third-order valence-corrected chi connectivity index (χ3v) is 4.24. The van der Waals surface area contributed by atoms with Crippen LogP contribution in [0.4, 0.5) is 0 Å². The summed E-state index contributed by atoms with van der Waals surface area (Å²) in [5, 5.41) is 13.2. The number of aliphatic imine (C=N–C) groups is 4. The van der Waals surface area contributed by atoms with Gasteiger partial charge in [0.05, 0.1) is 0 Å². The van der Waals surface area contributed by atoms with Crippen LogP contribution in [-0.4, -0.2) is 86.7 Å². The lowest BCUT2D eigenvalue weighted by Gasteiger charge is -2.29. The molecule has 2 aliphatic rings. The molecule has 0 spiro atoms. The number of hydrogen-bond acceptors (Lipinski definition) is 10. The minimum atomic E-state index is -0.0674. The van der Waals surface area contributed by atoms with Crippen LogP contribution in [0.2, 0.25) is 0 Å². The smallest absolute Gasteiger partial charge is 0.202 e. The summed E-state index contributed by atoms with van der Waals surface area (Å²) in [6, 6.07) is 0. The maximum Gasteiger partial charge on any atom is 0.202 e. The van der Waals surface area contributed by atoms with Gasteiger partial charge in [-0.1, -0.05) is 0 Å². The Hall–Kier alpha value is -2.52. The Kier molecular flexibility index (Phi) is 7.68. The molecule has 10 nitrogen and oxygen atoms in total. The molecule has 2 atom stereocenters. The predicted octanol–water partition coefficient (Wildman–Crippen LogP) is -0.218. The molecule has 0 fully saturated rings. The first-order valence-electron chi connectivity index (χ1n) is 9.64. The van der Waals surface area contributed by atoms with Crippen molar-refractivity contribution in [1.82, 2.24) is 31.1 Å². The van der Waals surface area contributed by atoms with Gasteiger partial charge in [0, 0.05) is 40.8 Å². The van der Waals surface area contributed by atoms with Gasteiger partial charge in [-0.25, -0.2) is 20.0 Å². The molecule has 2 aliphatic heterocycles. The van der Waals surface area contributed by atoms with E-state index in [9.17, 15) is 0 Å². The van der Waals surface area contributed by atoms with Crippen LogP contribution in [0.3, 0.4) is 0 Å². The average molecular weight is 379 g/mol. The van der Waals surface area contributed by atoms with Crippen LogP contribution in [-0.2, 0) is 0 Å². The highest BCUT2D eigenvalue weighted by molar-refractivity contribution is 6.00. The number of nitrogens with one attached hydrogen (secondary N) is 4. The van der Waals surface area contributed by atoms with E-state index in [1.54, 1.807) is 0 Å². The maximum atomic E-state index is 4.57. The zero-order valence-electron chi connectivity index (χ0n) is 17.4. The highest BCUT2D eigenvalue weighted by Gasteiger charge is 2.20. The van der Waals surface area contributed by atoms with Gasteiger partial charge in [0.25, 0.3) is 0 Å². The second-order valence-electron chi connectivity index (χ2n) is 6.53. The average Bonchev–Trinajstić information content (AvgIpc) is 2.64. The molecule has 152 valence electrons. The topological polar surface area (TPSA) is 104 Å². The summed E-state index contributed by atoms with van der Waals surface area (Å²) in [5.41, 5.74) is 0. The minimum absolute atomic E-state index is 0.0655. The Morgan fingerprint density at radius 1 is 0.741 bits per heavy atom. The molecule has 0 aliphatic carbocycles. The molecule has 2 heterocycles. The highest BCUT2D eigenvalue weighted by Crippen LogP contribution is 2.05. The lowest BCUT2D eigenvalue weighted by atomic mass is 10.3. The summed E-state index contributed by atoms with van der Waals surface area (Å²) in [5.74, 6) is 3.40. The van der Waals surface area contributed by atoms with Crippen molar-refractivity contribution in [2.75, 3.05) is 40.8 Å². The second-order valence-corrected chi connectivity index (χ2v) is 6.53. The van der Waals surface area contributed by atoms with Crippen molar-refractivity contribution < 1.29 is 0 Å². The Morgan fingerprint density at radius 2 is 1.15 bits per heavy atom. The summed E-state index contributed by atoms with van der Waals surface area (Å²) in [6.45, 7) is 8.58. The highest BCUT2D eigenvalue weighted by atomic mass is 15.4. The van der Waals surface area contributed by atoms with E-state index in [4.69, 9.17) is 0 Å². The van der Waals surface area contributed by atoms with E-state index in [0.717, 1.165) is 56.3 Å². The second kappa shape index (κ2) is 9.98. The van der Waals surface area contributed by atoms with Crippen molar-refractivity contribution >= 4 is 23.8 Å². The van der Waals surface area contributed by atoms with Crippen molar-refractivity contribution in [3.8, 4) is 0 Å². The van der Waals surface area contributed by atoms with E-state index < -0.39 is 0 Å². The van der Waals surface area contributed by atoms with Gasteiger partial charge in [-0.2, -0.15) is 0 Å². The van der Waals surface area contributed by atoms with E-state index in [1.165, 1.54) is 0 Å². The first-order valence-corrected chi connectivity index (χ1v) is 9.64. The van der Waals surface area contributed by atoms with Crippen molar-refractivity contribution in [2.24, 2.45) is 20.0 Å². The molecule has 0 aromatic heterocycles. The van der Waals surface area contributed by atoms with Crippen molar-refractivity contribution in [3.05, 3.63) is 0 Å². The van der Waals surface area contributed by atoms with E-state index in [-0.39, 0.29) is 12.3 Å². The molecule has 0 aromatic carbocycles. The number of rotatable bonds is 6. The molecule has 27 heavy (non-hydrogen) atoms.